The zero-order valence-electron chi connectivity index (χ0n) is 18.5. The van der Waals surface area contributed by atoms with Crippen LogP contribution in [0.3, 0.4) is 0 Å². The maximum Gasteiger partial charge on any atom is 0.264 e. The summed E-state index contributed by atoms with van der Waals surface area (Å²) in [6.07, 6.45) is -3.71. The number of aliphatic hydroxyl groups is 1. The number of hydrogen-bond donors (Lipinski definition) is 2. The Bertz CT molecular complexity index is 986. The lowest BCUT2D eigenvalue weighted by atomic mass is 9.96. The van der Waals surface area contributed by atoms with Crippen molar-refractivity contribution in [3.8, 4) is 0 Å². The molecule has 180 valence electrons. The molecule has 33 heavy (non-hydrogen) atoms. The van der Waals surface area contributed by atoms with Crippen LogP contribution in [0.2, 0.25) is 0 Å². The number of hydrogen-bond acceptors (Lipinski definition) is 8. The summed E-state index contributed by atoms with van der Waals surface area (Å²) in [4.78, 5) is 11.8. The average Bonchev–Trinajstić information content (AvgIpc) is 2.76. The summed E-state index contributed by atoms with van der Waals surface area (Å²) in [5, 5.41) is 13.2. The molecule has 1 fully saturated rings. The topological polar surface area (TPSA) is 120 Å². The molecule has 2 aromatic carbocycles. The van der Waals surface area contributed by atoms with Crippen LogP contribution in [-0.2, 0) is 46.5 Å². The van der Waals surface area contributed by atoms with Crippen molar-refractivity contribution in [1.82, 2.24) is 5.32 Å². The van der Waals surface area contributed by atoms with Gasteiger partial charge >= 0.3 is 0 Å². The van der Waals surface area contributed by atoms with Gasteiger partial charge in [-0.15, -0.1) is 0 Å². The van der Waals surface area contributed by atoms with Crippen molar-refractivity contribution in [2.45, 2.75) is 50.8 Å². The van der Waals surface area contributed by atoms with Gasteiger partial charge < -0.3 is 24.6 Å². The Labute approximate surface area is 193 Å². The van der Waals surface area contributed by atoms with Crippen LogP contribution >= 0.6 is 0 Å². The highest BCUT2D eigenvalue weighted by Crippen LogP contribution is 2.28. The maximum atomic E-state index is 12.0. The molecule has 2 aromatic rings. The zero-order chi connectivity index (χ0) is 23.8. The third-order valence-corrected chi connectivity index (χ3v) is 5.57. The van der Waals surface area contributed by atoms with E-state index in [2.05, 4.69) is 5.32 Å². The second kappa shape index (κ2) is 11.7. The van der Waals surface area contributed by atoms with E-state index in [0.29, 0.717) is 0 Å². The van der Waals surface area contributed by atoms with Crippen molar-refractivity contribution in [2.75, 3.05) is 12.9 Å². The van der Waals surface area contributed by atoms with Crippen LogP contribution < -0.4 is 5.32 Å². The van der Waals surface area contributed by atoms with Gasteiger partial charge in [-0.05, 0) is 11.1 Å². The van der Waals surface area contributed by atoms with Crippen LogP contribution in [-0.4, -0.2) is 62.9 Å². The van der Waals surface area contributed by atoms with Crippen molar-refractivity contribution < 1.29 is 36.7 Å². The fraction of sp³-hybridized carbons (Fsp3) is 0.435. The molecule has 1 aliphatic heterocycles. The summed E-state index contributed by atoms with van der Waals surface area (Å²) in [6.45, 7) is 1.58. The van der Waals surface area contributed by atoms with Gasteiger partial charge in [0.2, 0.25) is 5.91 Å². The Morgan fingerprint density at radius 3 is 2.12 bits per heavy atom. The highest BCUT2D eigenvalue weighted by molar-refractivity contribution is 7.86. The molecule has 10 heteroatoms. The molecule has 1 amide bonds. The van der Waals surface area contributed by atoms with E-state index >= 15 is 0 Å². The maximum absolute atomic E-state index is 12.0. The predicted molar refractivity (Wildman–Crippen MR) is 119 cm³/mol. The third-order valence-electron chi connectivity index (χ3n) is 5.00. The molecule has 1 heterocycles. The van der Waals surface area contributed by atoms with E-state index in [-0.39, 0.29) is 19.8 Å². The number of amides is 1. The number of carbonyl (C=O) groups excluding carboxylic acids is 1. The van der Waals surface area contributed by atoms with Crippen molar-refractivity contribution in [3.05, 3.63) is 71.8 Å². The van der Waals surface area contributed by atoms with Crippen molar-refractivity contribution in [3.63, 3.8) is 0 Å². The van der Waals surface area contributed by atoms with E-state index < -0.39 is 46.7 Å². The molecular formula is C23H29NO8S. The summed E-state index contributed by atoms with van der Waals surface area (Å²) in [6, 6.07) is 17.6. The Balaban J connectivity index is 1.81. The molecule has 1 aliphatic rings. The summed E-state index contributed by atoms with van der Waals surface area (Å²) in [5.41, 5.74) is 1.75. The van der Waals surface area contributed by atoms with E-state index in [0.717, 1.165) is 17.4 Å². The summed E-state index contributed by atoms with van der Waals surface area (Å²) >= 11 is 0. The number of rotatable bonds is 10. The first-order chi connectivity index (χ1) is 15.7. The number of ether oxygens (including phenoxy) is 3. The lowest BCUT2D eigenvalue weighted by Gasteiger charge is -2.44. The zero-order valence-corrected chi connectivity index (χ0v) is 19.3. The molecule has 0 bridgehead atoms. The molecule has 5 atom stereocenters. The van der Waals surface area contributed by atoms with E-state index in [9.17, 15) is 18.3 Å². The molecule has 9 nitrogen and oxygen atoms in total. The van der Waals surface area contributed by atoms with Crippen LogP contribution in [0.1, 0.15) is 18.1 Å². The number of carbonyl (C=O) groups is 1. The van der Waals surface area contributed by atoms with Crippen molar-refractivity contribution in [1.29, 1.82) is 0 Å². The van der Waals surface area contributed by atoms with E-state index in [1.165, 1.54) is 6.92 Å². The molecule has 0 radical (unpaired) electrons. The van der Waals surface area contributed by atoms with E-state index in [4.69, 9.17) is 18.4 Å². The van der Waals surface area contributed by atoms with E-state index in [1.807, 2.05) is 60.7 Å². The predicted octanol–water partition coefficient (Wildman–Crippen LogP) is 1.36. The van der Waals surface area contributed by atoms with E-state index in [1.54, 1.807) is 0 Å². The lowest BCUT2D eigenvalue weighted by Crippen LogP contribution is -2.65. The molecule has 1 saturated heterocycles. The van der Waals surface area contributed by atoms with Gasteiger partial charge in [0.05, 0.1) is 26.1 Å². The average molecular weight is 480 g/mol. The Morgan fingerprint density at radius 2 is 1.58 bits per heavy atom. The molecule has 5 unspecified atom stereocenters. The van der Waals surface area contributed by atoms with Crippen LogP contribution in [0.4, 0.5) is 0 Å². The molecule has 3 rings (SSSR count). The van der Waals surface area contributed by atoms with Crippen LogP contribution in [0.15, 0.2) is 60.7 Å². The number of nitrogens with one attached hydrogen (secondary N) is 1. The SMILES string of the molecule is CC(=O)NC1C(O)OC(COCc2ccccc2)C(OS(C)(=O)=O)C1OCc1ccccc1. The quantitative estimate of drug-likeness (QED) is 0.490. The lowest BCUT2D eigenvalue weighted by molar-refractivity contribution is -0.261. The number of benzene rings is 2. The second-order valence-corrected chi connectivity index (χ2v) is 9.42. The summed E-state index contributed by atoms with van der Waals surface area (Å²) in [5.74, 6) is -0.437. The van der Waals surface area contributed by atoms with Crippen LogP contribution in [0, 0.1) is 0 Å². The summed E-state index contributed by atoms with van der Waals surface area (Å²) in [7, 11) is -3.93. The normalized spacial score (nSPS) is 25.5. The molecule has 0 aromatic heterocycles. The highest BCUT2D eigenvalue weighted by Gasteiger charge is 2.49. The molecule has 0 saturated carbocycles. The van der Waals surface area contributed by atoms with Gasteiger partial charge in [-0.2, -0.15) is 8.42 Å². The number of aliphatic hydroxyl groups excluding tert-OH is 1. The van der Waals surface area contributed by atoms with Gasteiger partial charge in [0.1, 0.15) is 24.4 Å². The minimum atomic E-state index is -3.93. The second-order valence-electron chi connectivity index (χ2n) is 7.82. The monoisotopic (exact) mass is 479 g/mol. The molecule has 0 aliphatic carbocycles. The van der Waals surface area contributed by atoms with Gasteiger partial charge in [0.15, 0.2) is 6.29 Å². The van der Waals surface area contributed by atoms with Gasteiger partial charge in [0, 0.05) is 6.92 Å². The van der Waals surface area contributed by atoms with Gasteiger partial charge in [0.25, 0.3) is 10.1 Å². The fourth-order valence-corrected chi connectivity index (χ4v) is 4.23. The third kappa shape index (κ3) is 7.88. The standard InChI is InChI=1S/C23H29NO8S/c1-16(25)24-20-22(30-14-18-11-7-4-8-12-18)21(32-33(2,27)28)19(31-23(20)26)15-29-13-17-9-5-3-6-10-17/h3-12,19-23,26H,13-15H2,1-2H3,(H,24,25). The minimum absolute atomic E-state index is 0.0653. The largest absolute Gasteiger partial charge is 0.374 e. The van der Waals surface area contributed by atoms with Gasteiger partial charge in [-0.3, -0.25) is 8.98 Å². The molecule has 0 spiro atoms. The highest BCUT2D eigenvalue weighted by atomic mass is 32.2. The van der Waals surface area contributed by atoms with Gasteiger partial charge in [-0.25, -0.2) is 0 Å². The Kier molecular flexibility index (Phi) is 8.95. The fourth-order valence-electron chi connectivity index (χ4n) is 3.59. The first-order valence-electron chi connectivity index (χ1n) is 10.5. The Hall–Kier alpha value is -2.34. The minimum Gasteiger partial charge on any atom is -0.374 e. The smallest absolute Gasteiger partial charge is 0.264 e. The first-order valence-corrected chi connectivity index (χ1v) is 12.3. The van der Waals surface area contributed by atoms with Crippen LogP contribution in [0.5, 0.6) is 0 Å². The molecule has 2 N–H and O–H groups in total. The Morgan fingerprint density at radius 1 is 1.00 bits per heavy atom. The summed E-state index contributed by atoms with van der Waals surface area (Å²) < 4.78 is 46.8. The van der Waals surface area contributed by atoms with Crippen molar-refractivity contribution >= 4 is 16.0 Å². The van der Waals surface area contributed by atoms with Crippen molar-refractivity contribution in [2.24, 2.45) is 0 Å². The molecular weight excluding hydrogens is 450 g/mol. The van der Waals surface area contributed by atoms with Gasteiger partial charge in [-0.1, -0.05) is 60.7 Å². The van der Waals surface area contributed by atoms with Crippen LogP contribution in [0.25, 0.3) is 0 Å². The first kappa shape index (κ1) is 25.3.